The van der Waals surface area contributed by atoms with Crippen LogP contribution in [0.3, 0.4) is 0 Å². The fourth-order valence-corrected chi connectivity index (χ4v) is 4.97. The number of hydrogen-bond donors (Lipinski definition) is 2. The number of aromatic amines is 1. The van der Waals surface area contributed by atoms with Crippen LogP contribution in [0.25, 0.3) is 0 Å². The summed E-state index contributed by atoms with van der Waals surface area (Å²) < 4.78 is 12.9. The Labute approximate surface area is 195 Å². The van der Waals surface area contributed by atoms with Gasteiger partial charge in [-0.15, -0.1) is 5.10 Å². The molecule has 0 spiro atoms. The maximum atomic E-state index is 9.73. The molecule has 1 aliphatic rings. The van der Waals surface area contributed by atoms with Crippen molar-refractivity contribution in [1.82, 2.24) is 10.2 Å². The molecule has 0 amide bonds. The zero-order chi connectivity index (χ0) is 22.1. The molecule has 154 valence electrons. The minimum Gasteiger partial charge on any atom is -0.486 e. The first-order valence-corrected chi connectivity index (χ1v) is 10.7. The van der Waals surface area contributed by atoms with E-state index >= 15 is 0 Å². The number of fused-ring (bicyclic) bond motifs is 1. The first-order chi connectivity index (χ1) is 14.9. The van der Waals surface area contributed by atoms with Crippen LogP contribution in [0, 0.1) is 29.6 Å². The van der Waals surface area contributed by atoms with Gasteiger partial charge in [-0.3, -0.25) is 5.10 Å². The van der Waals surface area contributed by atoms with E-state index in [0.29, 0.717) is 31.7 Å². The normalized spacial score (nSPS) is 14.9. The lowest BCUT2D eigenvalue weighted by atomic mass is 9.84. The Morgan fingerprint density at radius 1 is 1.19 bits per heavy atom. The summed E-state index contributed by atoms with van der Waals surface area (Å²) in [5, 5.41) is 26.0. The molecule has 3 N–H and O–H groups in total. The van der Waals surface area contributed by atoms with Crippen molar-refractivity contribution in [3.8, 4) is 23.8 Å². The van der Waals surface area contributed by atoms with Crippen LogP contribution in [-0.2, 0) is 6.61 Å². The van der Waals surface area contributed by atoms with Crippen molar-refractivity contribution in [2.45, 2.75) is 19.4 Å². The SMILES string of the molecule is Cc1[nH]nc2c1[C@@H](c1cc(Br)c(OCc3ccccc3C#N)c(Br)c1)C(C#N)=C(N)O2. The molecule has 9 heteroatoms. The molecule has 0 aliphatic carbocycles. The molecule has 4 rings (SSSR count). The van der Waals surface area contributed by atoms with E-state index in [9.17, 15) is 10.5 Å². The third-order valence-electron chi connectivity index (χ3n) is 4.99. The van der Waals surface area contributed by atoms with Crippen molar-refractivity contribution < 1.29 is 9.47 Å². The average Bonchev–Trinajstić information content (AvgIpc) is 3.12. The van der Waals surface area contributed by atoms with Gasteiger partial charge in [0, 0.05) is 16.8 Å². The second kappa shape index (κ2) is 8.46. The highest BCUT2D eigenvalue weighted by Gasteiger charge is 2.34. The number of aryl methyl sites for hydroxylation is 1. The Kier molecular flexibility index (Phi) is 5.73. The number of nitriles is 2. The molecule has 2 aromatic carbocycles. The summed E-state index contributed by atoms with van der Waals surface area (Å²) >= 11 is 7.15. The fraction of sp³-hybridized carbons (Fsp3) is 0.136. The highest BCUT2D eigenvalue weighted by atomic mass is 79.9. The van der Waals surface area contributed by atoms with Crippen molar-refractivity contribution in [3.63, 3.8) is 0 Å². The smallest absolute Gasteiger partial charge is 0.244 e. The molecule has 1 aliphatic heterocycles. The quantitative estimate of drug-likeness (QED) is 0.485. The largest absolute Gasteiger partial charge is 0.486 e. The molecule has 1 aromatic heterocycles. The Morgan fingerprint density at radius 3 is 2.58 bits per heavy atom. The lowest BCUT2D eigenvalue weighted by Crippen LogP contribution is -2.21. The zero-order valence-corrected chi connectivity index (χ0v) is 19.4. The summed E-state index contributed by atoms with van der Waals surface area (Å²) in [7, 11) is 0. The molecular formula is C22H15Br2N5O2. The van der Waals surface area contributed by atoms with E-state index in [1.54, 1.807) is 6.07 Å². The monoisotopic (exact) mass is 539 g/mol. The van der Waals surface area contributed by atoms with Gasteiger partial charge in [-0.25, -0.2) is 0 Å². The second-order valence-electron chi connectivity index (χ2n) is 6.86. The van der Waals surface area contributed by atoms with Crippen LogP contribution in [0.2, 0.25) is 0 Å². The topological polar surface area (TPSA) is 121 Å². The number of benzene rings is 2. The van der Waals surface area contributed by atoms with Gasteiger partial charge in [0.25, 0.3) is 0 Å². The van der Waals surface area contributed by atoms with Gasteiger partial charge in [0.05, 0.1) is 26.5 Å². The number of aromatic nitrogens is 2. The number of halogens is 2. The van der Waals surface area contributed by atoms with E-state index in [1.165, 1.54) is 0 Å². The first kappa shape index (κ1) is 21.0. The maximum Gasteiger partial charge on any atom is 0.244 e. The van der Waals surface area contributed by atoms with Crippen LogP contribution in [0.15, 0.2) is 56.8 Å². The number of allylic oxidation sites excluding steroid dienone is 1. The molecule has 0 fully saturated rings. The van der Waals surface area contributed by atoms with E-state index in [1.807, 2.05) is 37.3 Å². The van der Waals surface area contributed by atoms with Crippen LogP contribution in [-0.4, -0.2) is 10.2 Å². The number of rotatable bonds is 4. The van der Waals surface area contributed by atoms with Gasteiger partial charge < -0.3 is 15.2 Å². The predicted molar refractivity (Wildman–Crippen MR) is 120 cm³/mol. The van der Waals surface area contributed by atoms with Gasteiger partial charge in [-0.05, 0) is 62.5 Å². The fourth-order valence-electron chi connectivity index (χ4n) is 3.52. The number of nitrogens with zero attached hydrogens (tertiary/aromatic N) is 3. The van der Waals surface area contributed by atoms with Crippen LogP contribution in [0.4, 0.5) is 0 Å². The Balaban J connectivity index is 1.72. The highest BCUT2D eigenvalue weighted by Crippen LogP contribution is 2.46. The van der Waals surface area contributed by atoms with Gasteiger partial charge in [0.2, 0.25) is 11.8 Å². The molecule has 7 nitrogen and oxygen atoms in total. The molecule has 0 radical (unpaired) electrons. The standard InChI is InChI=1S/C22H15Br2N5O2/c1-11-18-19(15(9-26)21(27)31-22(18)29-28-11)14-6-16(23)20(17(24)7-14)30-10-13-5-3-2-4-12(13)8-25/h2-7,19H,10,27H2,1H3,(H,28,29)/t19-/m0/s1. The van der Waals surface area contributed by atoms with Crippen molar-refractivity contribution in [2.24, 2.45) is 5.73 Å². The summed E-state index contributed by atoms with van der Waals surface area (Å²) in [6.07, 6.45) is 0. The lowest BCUT2D eigenvalue weighted by molar-refractivity contribution is 0.302. The summed E-state index contributed by atoms with van der Waals surface area (Å²) in [5.74, 6) is 0.545. The summed E-state index contributed by atoms with van der Waals surface area (Å²) in [6.45, 7) is 2.10. The van der Waals surface area contributed by atoms with Gasteiger partial charge in [0.15, 0.2) is 0 Å². The van der Waals surface area contributed by atoms with E-state index in [0.717, 1.165) is 22.4 Å². The minimum atomic E-state index is -0.437. The minimum absolute atomic E-state index is 0.0344. The third kappa shape index (κ3) is 3.78. The van der Waals surface area contributed by atoms with Crippen molar-refractivity contribution in [3.05, 3.63) is 84.7 Å². The zero-order valence-electron chi connectivity index (χ0n) is 16.2. The number of nitrogens with two attached hydrogens (primary N) is 1. The molecule has 0 bridgehead atoms. The van der Waals surface area contributed by atoms with Gasteiger partial charge >= 0.3 is 0 Å². The molecule has 1 atom stereocenters. The van der Waals surface area contributed by atoms with Crippen LogP contribution in [0.5, 0.6) is 11.6 Å². The molecule has 0 saturated carbocycles. The molecule has 2 heterocycles. The van der Waals surface area contributed by atoms with E-state index < -0.39 is 5.92 Å². The summed E-state index contributed by atoms with van der Waals surface area (Å²) in [5.41, 5.74) is 10.0. The van der Waals surface area contributed by atoms with Crippen LogP contribution < -0.4 is 15.2 Å². The second-order valence-corrected chi connectivity index (χ2v) is 8.57. The number of hydrogen-bond acceptors (Lipinski definition) is 6. The average molecular weight is 541 g/mol. The first-order valence-electron chi connectivity index (χ1n) is 9.16. The molecular weight excluding hydrogens is 526 g/mol. The predicted octanol–water partition coefficient (Wildman–Crippen LogP) is 4.91. The number of nitrogens with one attached hydrogen (secondary N) is 1. The van der Waals surface area contributed by atoms with E-state index in [4.69, 9.17) is 15.2 Å². The molecule has 0 saturated heterocycles. The van der Waals surface area contributed by atoms with E-state index in [2.05, 4.69) is 54.2 Å². The third-order valence-corrected chi connectivity index (χ3v) is 6.17. The van der Waals surface area contributed by atoms with Gasteiger partial charge in [-0.1, -0.05) is 18.2 Å². The highest BCUT2D eigenvalue weighted by molar-refractivity contribution is 9.11. The summed E-state index contributed by atoms with van der Waals surface area (Å²) in [6, 6.07) is 15.4. The van der Waals surface area contributed by atoms with E-state index in [-0.39, 0.29) is 12.5 Å². The summed E-state index contributed by atoms with van der Waals surface area (Å²) in [4.78, 5) is 0. The molecule has 3 aromatic rings. The Hall–Kier alpha value is -3.27. The maximum absolute atomic E-state index is 9.73. The van der Waals surface area contributed by atoms with Crippen molar-refractivity contribution >= 4 is 31.9 Å². The van der Waals surface area contributed by atoms with Gasteiger partial charge in [0.1, 0.15) is 24.0 Å². The Bertz CT molecular complexity index is 1280. The lowest BCUT2D eigenvalue weighted by Gasteiger charge is -2.24. The van der Waals surface area contributed by atoms with Crippen molar-refractivity contribution in [2.75, 3.05) is 0 Å². The van der Waals surface area contributed by atoms with Crippen LogP contribution in [0.1, 0.15) is 33.9 Å². The van der Waals surface area contributed by atoms with Crippen molar-refractivity contribution in [1.29, 1.82) is 10.5 Å². The molecule has 0 unspecified atom stereocenters. The molecule has 31 heavy (non-hydrogen) atoms. The Morgan fingerprint density at radius 2 is 1.90 bits per heavy atom. The number of H-pyrrole nitrogens is 1. The number of ether oxygens (including phenoxy) is 2. The van der Waals surface area contributed by atoms with Gasteiger partial charge in [-0.2, -0.15) is 10.5 Å². The van der Waals surface area contributed by atoms with Crippen LogP contribution >= 0.6 is 31.9 Å².